The average molecular weight is 334 g/mol. The number of piperidine rings is 1. The number of rotatable bonds is 4. The summed E-state index contributed by atoms with van der Waals surface area (Å²) in [4.78, 5) is 17.2. The molecule has 24 heavy (non-hydrogen) atoms. The van der Waals surface area contributed by atoms with Crippen LogP contribution in [0.4, 0.5) is 11.5 Å². The summed E-state index contributed by atoms with van der Waals surface area (Å²) < 4.78 is 3.40. The second kappa shape index (κ2) is 6.23. The highest BCUT2D eigenvalue weighted by Gasteiger charge is 2.33. The minimum atomic E-state index is -0.615. The summed E-state index contributed by atoms with van der Waals surface area (Å²) in [5.41, 5.74) is 0.494. The quantitative estimate of drug-likeness (QED) is 0.668. The highest BCUT2D eigenvalue weighted by molar-refractivity contribution is 5.61. The smallest absolute Gasteiger partial charge is 0.333 e. The van der Waals surface area contributed by atoms with E-state index in [0.717, 1.165) is 12.8 Å². The van der Waals surface area contributed by atoms with Gasteiger partial charge in [0.1, 0.15) is 17.6 Å². The van der Waals surface area contributed by atoms with Gasteiger partial charge < -0.3 is 14.6 Å². The van der Waals surface area contributed by atoms with Crippen molar-refractivity contribution in [3.05, 3.63) is 34.0 Å². The maximum atomic E-state index is 11.3. The van der Waals surface area contributed by atoms with Crippen LogP contribution < -0.4 is 4.90 Å². The number of hydrogen-bond donors (Lipinski definition) is 1. The number of nitrogens with zero attached hydrogens (tertiary/aromatic N) is 6. The molecular weight excluding hydrogens is 312 g/mol. The normalized spacial score (nSPS) is 17.2. The number of nitro groups is 1. The van der Waals surface area contributed by atoms with Gasteiger partial charge in [-0.15, -0.1) is 0 Å². The number of anilines is 1. The molecule has 3 heterocycles. The summed E-state index contributed by atoms with van der Waals surface area (Å²) in [6.07, 6.45) is 4.37. The minimum absolute atomic E-state index is 0.0700. The van der Waals surface area contributed by atoms with E-state index >= 15 is 0 Å². The molecule has 1 aliphatic heterocycles. The van der Waals surface area contributed by atoms with Gasteiger partial charge in [-0.1, -0.05) is 0 Å². The molecule has 0 aromatic carbocycles. The van der Waals surface area contributed by atoms with Gasteiger partial charge in [0, 0.05) is 39.6 Å². The molecule has 1 N–H and O–H groups in total. The van der Waals surface area contributed by atoms with Crippen molar-refractivity contribution in [2.75, 3.05) is 18.0 Å². The van der Waals surface area contributed by atoms with Gasteiger partial charge in [0.2, 0.25) is 5.82 Å². The molecular formula is C15H22N6O3. The van der Waals surface area contributed by atoms with Crippen molar-refractivity contribution in [3.63, 3.8) is 0 Å². The lowest BCUT2D eigenvalue weighted by atomic mass is 9.90. The number of imidazole rings is 1. The van der Waals surface area contributed by atoms with E-state index in [1.165, 1.54) is 0 Å². The molecule has 1 unspecified atom stereocenters. The predicted octanol–water partition coefficient (Wildman–Crippen LogP) is 1.32. The Hall–Kier alpha value is -2.42. The first-order valence-electron chi connectivity index (χ1n) is 7.98. The van der Waals surface area contributed by atoms with Crippen molar-refractivity contribution >= 4 is 11.5 Å². The van der Waals surface area contributed by atoms with Crippen LogP contribution in [-0.2, 0) is 14.1 Å². The second-order valence-electron chi connectivity index (χ2n) is 6.30. The van der Waals surface area contributed by atoms with Gasteiger partial charge in [0.15, 0.2) is 0 Å². The van der Waals surface area contributed by atoms with Crippen LogP contribution >= 0.6 is 0 Å². The Bertz CT molecular complexity index is 744. The van der Waals surface area contributed by atoms with Crippen LogP contribution in [0, 0.1) is 23.0 Å². The molecule has 9 heteroatoms. The molecule has 1 saturated heterocycles. The molecule has 0 aliphatic carbocycles. The molecule has 0 amide bonds. The summed E-state index contributed by atoms with van der Waals surface area (Å²) in [5, 5.41) is 26.1. The van der Waals surface area contributed by atoms with Crippen molar-refractivity contribution in [3.8, 4) is 0 Å². The SMILES string of the molecule is Cc1nn(C)c(N2CCC(C(O)c3nccn3C)CC2)c1[N+](=O)[O-]. The van der Waals surface area contributed by atoms with Gasteiger partial charge in [-0.05, 0) is 25.7 Å². The molecule has 0 bridgehead atoms. The van der Waals surface area contributed by atoms with Gasteiger partial charge in [0.25, 0.3) is 0 Å². The molecule has 9 nitrogen and oxygen atoms in total. The molecule has 2 aromatic rings. The Morgan fingerprint density at radius 3 is 2.58 bits per heavy atom. The predicted molar refractivity (Wildman–Crippen MR) is 87.7 cm³/mol. The third-order valence-corrected chi connectivity index (χ3v) is 4.75. The summed E-state index contributed by atoms with van der Waals surface area (Å²) in [7, 11) is 3.59. The first kappa shape index (κ1) is 16.4. The summed E-state index contributed by atoms with van der Waals surface area (Å²) >= 11 is 0. The fraction of sp³-hybridized carbons (Fsp3) is 0.600. The zero-order chi connectivity index (χ0) is 17.4. The van der Waals surface area contributed by atoms with Gasteiger partial charge in [-0.3, -0.25) is 10.1 Å². The highest BCUT2D eigenvalue weighted by atomic mass is 16.6. The summed E-state index contributed by atoms with van der Waals surface area (Å²) in [6.45, 7) is 2.94. The van der Waals surface area contributed by atoms with E-state index in [2.05, 4.69) is 10.1 Å². The van der Waals surface area contributed by atoms with E-state index in [-0.39, 0.29) is 16.5 Å². The zero-order valence-electron chi connectivity index (χ0n) is 14.1. The van der Waals surface area contributed by atoms with Crippen LogP contribution in [0.15, 0.2) is 12.4 Å². The fourth-order valence-corrected chi connectivity index (χ4v) is 3.50. The van der Waals surface area contributed by atoms with Crippen LogP contribution in [0.1, 0.15) is 30.5 Å². The zero-order valence-corrected chi connectivity index (χ0v) is 14.1. The largest absolute Gasteiger partial charge is 0.385 e. The molecule has 0 radical (unpaired) electrons. The van der Waals surface area contributed by atoms with E-state index in [0.29, 0.717) is 30.4 Å². The van der Waals surface area contributed by atoms with E-state index in [1.807, 2.05) is 22.7 Å². The molecule has 1 fully saturated rings. The Labute approximate surface area is 139 Å². The van der Waals surface area contributed by atoms with Crippen molar-refractivity contribution in [1.82, 2.24) is 19.3 Å². The Kier molecular flexibility index (Phi) is 4.27. The van der Waals surface area contributed by atoms with Crippen molar-refractivity contribution in [1.29, 1.82) is 0 Å². The lowest BCUT2D eigenvalue weighted by Crippen LogP contribution is -2.37. The molecule has 2 aromatic heterocycles. The van der Waals surface area contributed by atoms with E-state index in [9.17, 15) is 15.2 Å². The number of aryl methyl sites for hydroxylation is 3. The molecule has 3 rings (SSSR count). The maximum absolute atomic E-state index is 11.3. The number of aromatic nitrogens is 4. The monoisotopic (exact) mass is 334 g/mol. The maximum Gasteiger partial charge on any atom is 0.333 e. The molecule has 1 atom stereocenters. The number of aliphatic hydroxyl groups excluding tert-OH is 1. The molecule has 1 aliphatic rings. The van der Waals surface area contributed by atoms with Crippen LogP contribution in [-0.4, -0.2) is 42.5 Å². The first-order valence-corrected chi connectivity index (χ1v) is 7.98. The van der Waals surface area contributed by atoms with Gasteiger partial charge in [-0.25, -0.2) is 9.67 Å². The van der Waals surface area contributed by atoms with Crippen LogP contribution in [0.2, 0.25) is 0 Å². The third-order valence-electron chi connectivity index (χ3n) is 4.75. The fourth-order valence-electron chi connectivity index (χ4n) is 3.50. The average Bonchev–Trinajstić information content (AvgIpc) is 3.09. The molecule has 0 saturated carbocycles. The van der Waals surface area contributed by atoms with Crippen molar-refractivity contribution < 1.29 is 10.0 Å². The Morgan fingerprint density at radius 1 is 1.38 bits per heavy atom. The minimum Gasteiger partial charge on any atom is -0.385 e. The second-order valence-corrected chi connectivity index (χ2v) is 6.30. The lowest BCUT2D eigenvalue weighted by Gasteiger charge is -2.34. The van der Waals surface area contributed by atoms with Gasteiger partial charge in [0.05, 0.1) is 4.92 Å². The number of hydrogen-bond acceptors (Lipinski definition) is 6. The van der Waals surface area contributed by atoms with Crippen molar-refractivity contribution in [2.45, 2.75) is 25.9 Å². The Morgan fingerprint density at radius 2 is 2.04 bits per heavy atom. The standard InChI is InChI=1S/C15H22N6O3/c1-10-12(21(23)24)15(19(3)17-10)20-7-4-11(5-8-20)13(22)14-16-6-9-18(14)2/h6,9,11,13,22H,4-5,7-8H2,1-3H3. The van der Waals surface area contributed by atoms with Crippen molar-refractivity contribution in [2.24, 2.45) is 20.0 Å². The van der Waals surface area contributed by atoms with Crippen LogP contribution in [0.3, 0.4) is 0 Å². The van der Waals surface area contributed by atoms with E-state index < -0.39 is 6.10 Å². The summed E-state index contributed by atoms with van der Waals surface area (Å²) in [6, 6.07) is 0. The highest BCUT2D eigenvalue weighted by Crippen LogP contribution is 2.36. The third kappa shape index (κ3) is 2.75. The molecule has 0 spiro atoms. The molecule has 130 valence electrons. The summed E-state index contributed by atoms with van der Waals surface area (Å²) in [5.74, 6) is 1.30. The lowest BCUT2D eigenvalue weighted by molar-refractivity contribution is -0.384. The first-order chi connectivity index (χ1) is 11.4. The number of aliphatic hydroxyl groups is 1. The Balaban J connectivity index is 1.74. The topological polar surface area (TPSA) is 102 Å². The van der Waals surface area contributed by atoms with Gasteiger partial charge in [-0.2, -0.15) is 5.10 Å². The van der Waals surface area contributed by atoms with E-state index in [1.54, 1.807) is 24.9 Å². The van der Waals surface area contributed by atoms with Gasteiger partial charge >= 0.3 is 5.69 Å². The van der Waals surface area contributed by atoms with E-state index in [4.69, 9.17) is 0 Å². The van der Waals surface area contributed by atoms with Crippen LogP contribution in [0.5, 0.6) is 0 Å². The van der Waals surface area contributed by atoms with Crippen LogP contribution in [0.25, 0.3) is 0 Å².